The van der Waals surface area contributed by atoms with E-state index in [9.17, 15) is 0 Å². The zero-order valence-corrected chi connectivity index (χ0v) is 12.8. The average molecular weight is 258 g/mol. The fourth-order valence-corrected chi connectivity index (χ4v) is 2.86. The van der Waals surface area contributed by atoms with Gasteiger partial charge in [-0.2, -0.15) is 0 Å². The molecule has 1 nitrogen and oxygen atoms in total. The van der Waals surface area contributed by atoms with Gasteiger partial charge < -0.3 is 0 Å². The minimum Gasteiger partial charge on any atom is -0.242 e. The van der Waals surface area contributed by atoms with Gasteiger partial charge in [0.1, 0.15) is 0 Å². The molecule has 1 radical (unpaired) electrons. The Morgan fingerprint density at radius 1 is 1.05 bits per heavy atom. The van der Waals surface area contributed by atoms with E-state index in [4.69, 9.17) is 0 Å². The molecule has 1 aliphatic rings. The first kappa shape index (κ1) is 14.6. The van der Waals surface area contributed by atoms with Crippen molar-refractivity contribution in [3.8, 4) is 0 Å². The Balaban J connectivity index is 1.76. The van der Waals surface area contributed by atoms with Crippen molar-refractivity contribution in [2.75, 3.05) is 13.1 Å². The molecule has 0 aliphatic carbocycles. The highest BCUT2D eigenvalue weighted by atomic mass is 14.9. The molecule has 2 rings (SSSR count). The highest BCUT2D eigenvalue weighted by molar-refractivity contribution is 5.27. The van der Waals surface area contributed by atoms with Crippen molar-refractivity contribution in [2.24, 2.45) is 5.92 Å². The van der Waals surface area contributed by atoms with Gasteiger partial charge in [0.15, 0.2) is 0 Å². The first-order valence-corrected chi connectivity index (χ1v) is 7.78. The quantitative estimate of drug-likeness (QED) is 0.763. The summed E-state index contributed by atoms with van der Waals surface area (Å²) in [5.41, 5.74) is 3.20. The Morgan fingerprint density at radius 2 is 1.68 bits per heavy atom. The molecular weight excluding hydrogens is 230 g/mol. The maximum atomic E-state index is 4.43. The Hall–Kier alpha value is -0.820. The highest BCUT2D eigenvalue weighted by Gasteiger charge is 2.14. The molecule has 1 fully saturated rings. The number of aryl methyl sites for hydroxylation is 1. The van der Waals surface area contributed by atoms with Gasteiger partial charge in [0, 0.05) is 13.1 Å². The molecule has 1 saturated heterocycles. The molecule has 0 atom stereocenters. The molecule has 105 valence electrons. The van der Waals surface area contributed by atoms with E-state index in [1.54, 1.807) is 0 Å². The van der Waals surface area contributed by atoms with Gasteiger partial charge >= 0.3 is 0 Å². The van der Waals surface area contributed by atoms with Gasteiger partial charge in [-0.1, -0.05) is 51.5 Å². The number of rotatable bonds is 4. The van der Waals surface area contributed by atoms with Crippen molar-refractivity contribution in [3.05, 3.63) is 35.4 Å². The van der Waals surface area contributed by atoms with Gasteiger partial charge in [0.2, 0.25) is 0 Å². The van der Waals surface area contributed by atoms with Crippen LogP contribution in [0.2, 0.25) is 0 Å². The van der Waals surface area contributed by atoms with Crippen LogP contribution in [0.5, 0.6) is 0 Å². The fraction of sp³-hybridized carbons (Fsp3) is 0.667. The molecule has 0 aromatic heterocycles. The molecular formula is C18H28N. The number of nitrogens with zero attached hydrogens (tertiary/aromatic N) is 1. The van der Waals surface area contributed by atoms with Gasteiger partial charge in [-0.15, -0.1) is 0 Å². The lowest BCUT2D eigenvalue weighted by Gasteiger charge is -2.21. The van der Waals surface area contributed by atoms with Crippen LogP contribution in [0.15, 0.2) is 24.3 Å². The van der Waals surface area contributed by atoms with E-state index in [-0.39, 0.29) is 5.41 Å². The summed E-state index contributed by atoms with van der Waals surface area (Å²) in [6.45, 7) is 9.03. The second-order valence-electron chi connectivity index (χ2n) is 6.95. The molecule has 19 heavy (non-hydrogen) atoms. The first-order chi connectivity index (χ1) is 9.05. The summed E-state index contributed by atoms with van der Waals surface area (Å²) in [5.74, 6) is 0.936. The molecule has 0 saturated carbocycles. The van der Waals surface area contributed by atoms with Crippen LogP contribution in [0.3, 0.4) is 0 Å². The van der Waals surface area contributed by atoms with E-state index in [1.165, 1.54) is 43.2 Å². The smallest absolute Gasteiger partial charge is 0.0136 e. The third-order valence-corrected chi connectivity index (χ3v) is 4.29. The average Bonchev–Trinajstić information content (AvgIpc) is 2.39. The minimum absolute atomic E-state index is 0.268. The van der Waals surface area contributed by atoms with Crippen molar-refractivity contribution in [1.29, 1.82) is 0 Å². The van der Waals surface area contributed by atoms with Crippen LogP contribution >= 0.6 is 0 Å². The van der Waals surface area contributed by atoms with Gasteiger partial charge in [0.05, 0.1) is 0 Å². The number of benzene rings is 1. The molecule has 1 heterocycles. The zero-order chi connectivity index (χ0) is 13.7. The van der Waals surface area contributed by atoms with Gasteiger partial charge in [-0.25, -0.2) is 5.32 Å². The van der Waals surface area contributed by atoms with Crippen molar-refractivity contribution >= 4 is 0 Å². The lowest BCUT2D eigenvalue weighted by molar-refractivity contribution is 0.343. The summed E-state index contributed by atoms with van der Waals surface area (Å²) in [4.78, 5) is 0. The number of hydrogen-bond acceptors (Lipinski definition) is 0. The molecule has 0 unspecified atom stereocenters. The third-order valence-electron chi connectivity index (χ3n) is 4.29. The summed E-state index contributed by atoms with van der Waals surface area (Å²) in [5, 5.41) is 4.43. The Bertz CT molecular complexity index is 366. The van der Waals surface area contributed by atoms with E-state index in [0.29, 0.717) is 0 Å². The van der Waals surface area contributed by atoms with E-state index in [0.717, 1.165) is 19.0 Å². The lowest BCUT2D eigenvalue weighted by atomic mass is 9.86. The molecule has 1 aliphatic heterocycles. The van der Waals surface area contributed by atoms with Crippen molar-refractivity contribution in [1.82, 2.24) is 5.32 Å². The Labute approximate surface area is 118 Å². The Kier molecular flexibility index (Phi) is 5.04. The second kappa shape index (κ2) is 6.56. The lowest BCUT2D eigenvalue weighted by Crippen LogP contribution is -2.22. The predicted octanol–water partition coefficient (Wildman–Crippen LogP) is 4.32. The molecule has 1 heteroatoms. The topological polar surface area (TPSA) is 14.1 Å². The molecule has 0 N–H and O–H groups in total. The van der Waals surface area contributed by atoms with E-state index >= 15 is 0 Å². The largest absolute Gasteiger partial charge is 0.242 e. The molecule has 0 spiro atoms. The first-order valence-electron chi connectivity index (χ1n) is 7.78. The summed E-state index contributed by atoms with van der Waals surface area (Å²) in [6.07, 6.45) is 6.60. The van der Waals surface area contributed by atoms with Gasteiger partial charge in [-0.05, 0) is 48.1 Å². The monoisotopic (exact) mass is 258 g/mol. The summed E-state index contributed by atoms with van der Waals surface area (Å²) >= 11 is 0. The molecule has 1 aromatic rings. The predicted molar refractivity (Wildman–Crippen MR) is 82.7 cm³/mol. The van der Waals surface area contributed by atoms with Crippen LogP contribution in [-0.2, 0) is 11.8 Å². The van der Waals surface area contributed by atoms with Crippen LogP contribution in [-0.4, -0.2) is 13.1 Å². The maximum Gasteiger partial charge on any atom is 0.0136 e. The van der Waals surface area contributed by atoms with Gasteiger partial charge in [0.25, 0.3) is 0 Å². The summed E-state index contributed by atoms with van der Waals surface area (Å²) < 4.78 is 0. The third kappa shape index (κ3) is 4.65. The normalized spacial score (nSPS) is 17.6. The summed E-state index contributed by atoms with van der Waals surface area (Å²) in [7, 11) is 0. The maximum absolute atomic E-state index is 4.43. The standard InChI is InChI=1S/C18H28N/c1-18(2,3)17-9-7-15(8-10-17)5-4-6-16-11-13-19-14-12-16/h7-10,16H,4-6,11-14H2,1-3H3. The van der Waals surface area contributed by atoms with Crippen molar-refractivity contribution in [2.45, 2.75) is 58.3 Å². The van der Waals surface area contributed by atoms with Crippen LogP contribution in [0.4, 0.5) is 0 Å². The zero-order valence-electron chi connectivity index (χ0n) is 12.8. The van der Waals surface area contributed by atoms with E-state index < -0.39 is 0 Å². The number of hydrogen-bond donors (Lipinski definition) is 0. The van der Waals surface area contributed by atoms with Crippen LogP contribution < -0.4 is 5.32 Å². The van der Waals surface area contributed by atoms with Gasteiger partial charge in [-0.3, -0.25) is 0 Å². The SMILES string of the molecule is CC(C)(C)c1ccc(CCCC2CC[N]CC2)cc1. The van der Waals surface area contributed by atoms with Crippen LogP contribution in [0, 0.1) is 5.92 Å². The van der Waals surface area contributed by atoms with Crippen molar-refractivity contribution in [3.63, 3.8) is 0 Å². The van der Waals surface area contributed by atoms with Crippen LogP contribution in [0.25, 0.3) is 0 Å². The minimum atomic E-state index is 0.268. The van der Waals surface area contributed by atoms with Crippen LogP contribution in [0.1, 0.15) is 57.6 Å². The Morgan fingerprint density at radius 3 is 2.26 bits per heavy atom. The summed E-state index contributed by atoms with van der Waals surface area (Å²) in [6, 6.07) is 9.23. The van der Waals surface area contributed by atoms with E-state index in [1.807, 2.05) is 0 Å². The second-order valence-corrected chi connectivity index (χ2v) is 6.95. The highest BCUT2D eigenvalue weighted by Crippen LogP contribution is 2.23. The van der Waals surface area contributed by atoms with Crippen molar-refractivity contribution < 1.29 is 0 Å². The van der Waals surface area contributed by atoms with E-state index in [2.05, 4.69) is 50.4 Å². The molecule has 1 aromatic carbocycles. The fourth-order valence-electron chi connectivity index (χ4n) is 2.86. The number of piperidine rings is 1. The molecule has 0 amide bonds. The molecule has 0 bridgehead atoms.